The van der Waals surface area contributed by atoms with E-state index in [-0.39, 0.29) is 0 Å². The molecule has 294 valence electrons. The Balaban J connectivity index is 1.09. The molecule has 0 radical (unpaired) electrons. The molecule has 0 amide bonds. The van der Waals surface area contributed by atoms with Crippen LogP contribution in [0.4, 0.5) is 0 Å². The summed E-state index contributed by atoms with van der Waals surface area (Å²) in [4.78, 5) is 15.6. The van der Waals surface area contributed by atoms with Gasteiger partial charge in [0.15, 0.2) is 11.6 Å². The Bertz CT molecular complexity index is 3850. The number of nitrogens with zero attached hydrogens (tertiary/aromatic N) is 5. The number of hydrogen-bond acceptors (Lipinski definition) is 4. The third-order valence-electron chi connectivity index (χ3n) is 12.4. The molecule has 0 saturated carbocycles. The van der Waals surface area contributed by atoms with Gasteiger partial charge in [-0.1, -0.05) is 158 Å². The SMILES string of the molecule is c1ccc(-c2nc(-c3ccccc3)nc(-n3c4ccccc4c4c5oc6ccccc6c5cc(-c5cccc(-c6ccc7c(c6)c6ccccc6n7-c6ccccc6)c5)c43)n2)cc1. The lowest BCUT2D eigenvalue weighted by Gasteiger charge is -2.14. The lowest BCUT2D eigenvalue weighted by molar-refractivity contribution is 0.673. The fraction of sp³-hybridized carbons (Fsp3) is 0. The molecule has 9 aromatic carbocycles. The van der Waals surface area contributed by atoms with Crippen molar-refractivity contribution < 1.29 is 4.42 Å². The van der Waals surface area contributed by atoms with Gasteiger partial charge in [-0.3, -0.25) is 4.57 Å². The van der Waals surface area contributed by atoms with Gasteiger partial charge in [0.1, 0.15) is 11.2 Å². The molecule has 4 heterocycles. The molecule has 4 aromatic heterocycles. The zero-order valence-corrected chi connectivity index (χ0v) is 33.9. The molecule has 63 heavy (non-hydrogen) atoms. The topological polar surface area (TPSA) is 61.7 Å². The van der Waals surface area contributed by atoms with E-state index in [1.165, 1.54) is 21.8 Å². The number of rotatable bonds is 6. The Labute approximate surface area is 361 Å². The van der Waals surface area contributed by atoms with Gasteiger partial charge in [-0.25, -0.2) is 4.98 Å². The van der Waals surface area contributed by atoms with Gasteiger partial charge < -0.3 is 8.98 Å². The monoisotopic (exact) mass is 805 g/mol. The number of aromatic nitrogens is 5. The van der Waals surface area contributed by atoms with E-state index >= 15 is 0 Å². The number of furan rings is 1. The van der Waals surface area contributed by atoms with Crippen LogP contribution in [0.15, 0.2) is 217 Å². The van der Waals surface area contributed by atoms with Crippen molar-refractivity contribution in [1.82, 2.24) is 24.1 Å². The number of para-hydroxylation sites is 4. The van der Waals surface area contributed by atoms with Crippen molar-refractivity contribution in [3.63, 3.8) is 0 Å². The van der Waals surface area contributed by atoms with Gasteiger partial charge in [-0.05, 0) is 71.3 Å². The fourth-order valence-electron chi connectivity index (χ4n) is 9.53. The van der Waals surface area contributed by atoms with Crippen LogP contribution < -0.4 is 0 Å². The van der Waals surface area contributed by atoms with Gasteiger partial charge >= 0.3 is 0 Å². The maximum Gasteiger partial charge on any atom is 0.238 e. The first-order valence-electron chi connectivity index (χ1n) is 21.2. The molecule has 0 aliphatic rings. The van der Waals surface area contributed by atoms with Crippen LogP contribution in [0.2, 0.25) is 0 Å². The number of hydrogen-bond donors (Lipinski definition) is 0. The summed E-state index contributed by atoms with van der Waals surface area (Å²) in [5, 5.41) is 6.63. The maximum atomic E-state index is 6.83. The summed E-state index contributed by atoms with van der Waals surface area (Å²) in [6, 6.07) is 74.5. The van der Waals surface area contributed by atoms with Crippen molar-refractivity contribution in [3.05, 3.63) is 212 Å². The minimum atomic E-state index is 0.530. The molecule has 0 bridgehead atoms. The highest BCUT2D eigenvalue weighted by Crippen LogP contribution is 2.46. The van der Waals surface area contributed by atoms with Crippen molar-refractivity contribution in [2.24, 2.45) is 0 Å². The Morgan fingerprint density at radius 2 is 0.905 bits per heavy atom. The normalized spacial score (nSPS) is 11.8. The summed E-state index contributed by atoms with van der Waals surface area (Å²) < 4.78 is 11.4. The molecule has 0 fully saturated rings. The highest BCUT2D eigenvalue weighted by Gasteiger charge is 2.25. The van der Waals surface area contributed by atoms with Crippen molar-refractivity contribution >= 4 is 65.6 Å². The number of fused-ring (bicyclic) bond motifs is 10. The molecule has 13 aromatic rings. The van der Waals surface area contributed by atoms with E-state index in [0.717, 1.165) is 82.8 Å². The van der Waals surface area contributed by atoms with E-state index < -0.39 is 0 Å². The Morgan fingerprint density at radius 3 is 1.63 bits per heavy atom. The second-order valence-corrected chi connectivity index (χ2v) is 16.0. The average molecular weight is 806 g/mol. The lowest BCUT2D eigenvalue weighted by atomic mass is 9.95. The average Bonchev–Trinajstić information content (AvgIpc) is 4.02. The quantitative estimate of drug-likeness (QED) is 0.168. The standard InChI is InChI=1S/C57H35N5O/c1-4-17-36(18-5-1)55-58-56(37-19-6-2-7-20-37)60-57(59-55)62-49-29-14-11-27-44(49)52-53(62)45(35-47-43-26-12-15-30-51(43)63-54(47)52)40-22-16-21-38(33-40)39-31-32-50-46(34-39)42-25-10-13-28-48(42)61(50)41-23-8-3-9-24-41/h1-35H. The van der Waals surface area contributed by atoms with Gasteiger partial charge in [-0.2, -0.15) is 9.97 Å². The minimum Gasteiger partial charge on any atom is -0.455 e. The zero-order chi connectivity index (χ0) is 41.4. The maximum absolute atomic E-state index is 6.83. The molecule has 0 spiro atoms. The largest absolute Gasteiger partial charge is 0.455 e. The van der Waals surface area contributed by atoms with E-state index in [2.05, 4.69) is 155 Å². The molecule has 0 atom stereocenters. The molecule has 13 rings (SSSR count). The zero-order valence-electron chi connectivity index (χ0n) is 33.9. The van der Waals surface area contributed by atoms with E-state index in [9.17, 15) is 0 Å². The Kier molecular flexibility index (Phi) is 7.80. The van der Waals surface area contributed by atoms with Gasteiger partial charge in [0.25, 0.3) is 0 Å². The fourth-order valence-corrected chi connectivity index (χ4v) is 9.53. The van der Waals surface area contributed by atoms with Crippen LogP contribution in [0.25, 0.3) is 122 Å². The van der Waals surface area contributed by atoms with Gasteiger partial charge in [0.2, 0.25) is 5.95 Å². The van der Waals surface area contributed by atoms with E-state index in [1.54, 1.807) is 0 Å². The van der Waals surface area contributed by atoms with Crippen LogP contribution in [0.5, 0.6) is 0 Å². The van der Waals surface area contributed by atoms with Crippen LogP contribution in [-0.2, 0) is 0 Å². The summed E-state index contributed by atoms with van der Waals surface area (Å²) in [6.07, 6.45) is 0. The second kappa shape index (κ2) is 14.0. The summed E-state index contributed by atoms with van der Waals surface area (Å²) >= 11 is 0. The predicted octanol–water partition coefficient (Wildman–Crippen LogP) is 14.6. The Hall–Kier alpha value is -8.61. The van der Waals surface area contributed by atoms with E-state index in [1.807, 2.05) is 66.7 Å². The molecule has 6 heteroatoms. The molecular weight excluding hydrogens is 771 g/mol. The first kappa shape index (κ1) is 35.2. The van der Waals surface area contributed by atoms with Crippen molar-refractivity contribution in [2.45, 2.75) is 0 Å². The smallest absolute Gasteiger partial charge is 0.238 e. The van der Waals surface area contributed by atoms with Gasteiger partial charge in [-0.15, -0.1) is 0 Å². The first-order chi connectivity index (χ1) is 31.2. The summed E-state index contributed by atoms with van der Waals surface area (Å²) in [6.45, 7) is 0. The van der Waals surface area contributed by atoms with Crippen molar-refractivity contribution in [2.75, 3.05) is 0 Å². The molecule has 0 aliphatic carbocycles. The van der Waals surface area contributed by atoms with Crippen LogP contribution in [0.1, 0.15) is 0 Å². The molecule has 0 saturated heterocycles. The number of benzene rings is 9. The first-order valence-corrected chi connectivity index (χ1v) is 21.2. The molecule has 0 unspecified atom stereocenters. The van der Waals surface area contributed by atoms with Gasteiger partial charge in [0.05, 0.1) is 27.5 Å². The summed E-state index contributed by atoms with van der Waals surface area (Å²) in [5.74, 6) is 1.73. The highest BCUT2D eigenvalue weighted by atomic mass is 16.3. The van der Waals surface area contributed by atoms with Crippen molar-refractivity contribution in [3.8, 4) is 56.7 Å². The lowest BCUT2D eigenvalue weighted by Crippen LogP contribution is -2.07. The molecule has 0 N–H and O–H groups in total. The molecule has 6 nitrogen and oxygen atoms in total. The van der Waals surface area contributed by atoms with E-state index in [4.69, 9.17) is 19.4 Å². The van der Waals surface area contributed by atoms with Crippen molar-refractivity contribution in [1.29, 1.82) is 0 Å². The van der Waals surface area contributed by atoms with Crippen LogP contribution in [-0.4, -0.2) is 24.1 Å². The highest BCUT2D eigenvalue weighted by molar-refractivity contribution is 6.27. The van der Waals surface area contributed by atoms with Crippen LogP contribution in [0, 0.1) is 0 Å². The van der Waals surface area contributed by atoms with Gasteiger partial charge in [0, 0.05) is 49.3 Å². The molecule has 0 aliphatic heterocycles. The third kappa shape index (κ3) is 5.55. The minimum absolute atomic E-state index is 0.530. The van der Waals surface area contributed by atoms with E-state index in [0.29, 0.717) is 17.6 Å². The summed E-state index contributed by atoms with van der Waals surface area (Å²) in [5.41, 5.74) is 13.3. The van der Waals surface area contributed by atoms with Crippen LogP contribution >= 0.6 is 0 Å². The predicted molar refractivity (Wildman–Crippen MR) is 258 cm³/mol. The molecular formula is C57H35N5O. The Morgan fingerprint density at radius 1 is 0.349 bits per heavy atom. The summed E-state index contributed by atoms with van der Waals surface area (Å²) in [7, 11) is 0. The second-order valence-electron chi connectivity index (χ2n) is 16.0. The third-order valence-corrected chi connectivity index (χ3v) is 12.4. The van der Waals surface area contributed by atoms with Crippen LogP contribution in [0.3, 0.4) is 0 Å².